The lowest BCUT2D eigenvalue weighted by Gasteiger charge is -2.26. The smallest absolute Gasteiger partial charge is 0.271 e. The zero-order valence-electron chi connectivity index (χ0n) is 16.7. The first kappa shape index (κ1) is 19.2. The predicted octanol–water partition coefficient (Wildman–Crippen LogP) is 2.37. The number of carbonyl (C=O) groups is 1. The monoisotopic (exact) mass is 382 g/mol. The number of aromatic nitrogens is 2. The Labute approximate surface area is 166 Å². The van der Waals surface area contributed by atoms with E-state index in [2.05, 4.69) is 51.0 Å². The highest BCUT2D eigenvalue weighted by molar-refractivity contribution is 5.92. The summed E-state index contributed by atoms with van der Waals surface area (Å²) in [6.45, 7) is 8.33. The summed E-state index contributed by atoms with van der Waals surface area (Å²) in [6, 6.07) is 8.75. The summed E-state index contributed by atoms with van der Waals surface area (Å²) in [7, 11) is 0. The highest BCUT2D eigenvalue weighted by Gasteiger charge is 2.23. The average molecular weight is 383 g/mol. The molecule has 1 atom stereocenters. The maximum Gasteiger partial charge on any atom is 0.271 e. The van der Waals surface area contributed by atoms with Crippen LogP contribution in [0.15, 0.2) is 30.5 Å². The van der Waals surface area contributed by atoms with E-state index in [9.17, 15) is 4.79 Å². The van der Waals surface area contributed by atoms with Crippen LogP contribution in [0, 0.1) is 6.92 Å². The van der Waals surface area contributed by atoms with Gasteiger partial charge in [0.25, 0.3) is 5.91 Å². The number of rotatable bonds is 6. The zero-order chi connectivity index (χ0) is 19.3. The maximum absolute atomic E-state index is 12.5. The van der Waals surface area contributed by atoms with Crippen LogP contribution in [0.25, 0.3) is 0 Å². The van der Waals surface area contributed by atoms with Gasteiger partial charge in [0.2, 0.25) is 0 Å². The van der Waals surface area contributed by atoms with Crippen molar-refractivity contribution in [2.24, 2.45) is 0 Å². The minimum Gasteiger partial charge on any atom is -0.379 e. The Morgan fingerprint density at radius 1 is 1.32 bits per heavy atom. The molecule has 1 saturated heterocycles. The van der Waals surface area contributed by atoms with Crippen LogP contribution < -0.4 is 5.32 Å². The number of nitrogens with zero attached hydrogens (tertiary/aromatic N) is 3. The number of hydrogen-bond acceptors (Lipinski definition) is 4. The van der Waals surface area contributed by atoms with Gasteiger partial charge in [0.15, 0.2) is 0 Å². The molecule has 1 N–H and O–H groups in total. The molecule has 1 amide bonds. The maximum atomic E-state index is 12.5. The lowest BCUT2D eigenvalue weighted by Crippen LogP contribution is -2.38. The third kappa shape index (κ3) is 4.62. The quantitative estimate of drug-likeness (QED) is 0.780. The Morgan fingerprint density at radius 3 is 3.00 bits per heavy atom. The van der Waals surface area contributed by atoms with Crippen molar-refractivity contribution in [1.29, 1.82) is 0 Å². The molecule has 28 heavy (non-hydrogen) atoms. The number of carbonyl (C=O) groups excluding carboxylic acids is 1. The molecular weight excluding hydrogens is 352 g/mol. The summed E-state index contributed by atoms with van der Waals surface area (Å²) in [6.07, 6.45) is 4.88. The second-order valence-corrected chi connectivity index (χ2v) is 7.91. The van der Waals surface area contributed by atoms with E-state index in [1.807, 2.05) is 6.20 Å². The second-order valence-electron chi connectivity index (χ2n) is 7.91. The summed E-state index contributed by atoms with van der Waals surface area (Å²) in [5.41, 5.74) is 3.23. The number of aryl methyl sites for hydroxylation is 2. The molecule has 6 heteroatoms. The Hall–Kier alpha value is -2.18. The molecule has 4 rings (SSSR count). The fraction of sp³-hybridized carbons (Fsp3) is 0.545. The van der Waals surface area contributed by atoms with Gasteiger partial charge in [0.1, 0.15) is 11.5 Å². The van der Waals surface area contributed by atoms with Crippen LogP contribution in [-0.2, 0) is 17.7 Å². The lowest BCUT2D eigenvalue weighted by molar-refractivity contribution is 0.0374. The highest BCUT2D eigenvalue weighted by Crippen LogP contribution is 2.29. The molecule has 150 valence electrons. The Balaban J connectivity index is 1.29. The fourth-order valence-electron chi connectivity index (χ4n) is 4.17. The van der Waals surface area contributed by atoms with Crippen molar-refractivity contribution in [2.45, 2.75) is 38.6 Å². The van der Waals surface area contributed by atoms with E-state index < -0.39 is 0 Å². The van der Waals surface area contributed by atoms with Crippen molar-refractivity contribution in [2.75, 3.05) is 39.4 Å². The standard InChI is InChI=1S/C22H30N4O2/c1-17-4-2-5-18(14-17)19-6-7-21-24-20(16-26(21)15-19)22(27)23-8-3-9-25-10-12-28-13-11-25/h2,4-5,14,16,19H,3,6-13,15H2,1H3,(H,23,27). The van der Waals surface area contributed by atoms with Gasteiger partial charge in [0, 0.05) is 44.7 Å². The number of ether oxygens (including phenoxy) is 1. The number of amides is 1. The van der Waals surface area contributed by atoms with Crippen LogP contribution >= 0.6 is 0 Å². The van der Waals surface area contributed by atoms with Crippen molar-refractivity contribution in [3.05, 3.63) is 53.1 Å². The summed E-state index contributed by atoms with van der Waals surface area (Å²) in [5, 5.41) is 3.03. The first-order chi connectivity index (χ1) is 13.7. The van der Waals surface area contributed by atoms with Gasteiger partial charge in [-0.15, -0.1) is 0 Å². The molecule has 0 aliphatic carbocycles. The van der Waals surface area contributed by atoms with E-state index in [0.717, 1.165) is 64.5 Å². The van der Waals surface area contributed by atoms with Crippen molar-refractivity contribution >= 4 is 5.91 Å². The van der Waals surface area contributed by atoms with Gasteiger partial charge in [-0.05, 0) is 31.9 Å². The first-order valence-corrected chi connectivity index (χ1v) is 10.4. The topological polar surface area (TPSA) is 59.4 Å². The SMILES string of the molecule is Cc1cccc(C2CCc3nc(C(=O)NCCCN4CCOCC4)cn3C2)c1. The number of benzene rings is 1. The number of nitrogens with one attached hydrogen (secondary N) is 1. The zero-order valence-corrected chi connectivity index (χ0v) is 16.7. The third-order valence-electron chi connectivity index (χ3n) is 5.78. The van der Waals surface area contributed by atoms with Crippen LogP contribution in [0.4, 0.5) is 0 Å². The van der Waals surface area contributed by atoms with E-state index in [1.54, 1.807) is 0 Å². The summed E-state index contributed by atoms with van der Waals surface area (Å²) in [5.74, 6) is 1.46. The number of morpholine rings is 1. The van der Waals surface area contributed by atoms with E-state index in [1.165, 1.54) is 11.1 Å². The Kier molecular flexibility index (Phi) is 6.07. The minimum atomic E-state index is -0.0593. The van der Waals surface area contributed by atoms with E-state index in [0.29, 0.717) is 18.2 Å². The molecule has 2 aliphatic heterocycles. The molecule has 1 fully saturated rings. The molecule has 2 aromatic rings. The van der Waals surface area contributed by atoms with Crippen molar-refractivity contribution in [1.82, 2.24) is 19.8 Å². The molecule has 0 spiro atoms. The summed E-state index contributed by atoms with van der Waals surface area (Å²) < 4.78 is 7.53. The van der Waals surface area contributed by atoms with E-state index in [4.69, 9.17) is 4.74 Å². The molecular formula is C22H30N4O2. The van der Waals surface area contributed by atoms with Crippen LogP contribution in [0.1, 0.15) is 46.2 Å². The summed E-state index contributed by atoms with van der Waals surface area (Å²) in [4.78, 5) is 19.5. The molecule has 1 unspecified atom stereocenters. The average Bonchev–Trinajstić information content (AvgIpc) is 3.15. The molecule has 0 radical (unpaired) electrons. The Bertz CT molecular complexity index is 811. The summed E-state index contributed by atoms with van der Waals surface area (Å²) >= 11 is 0. The first-order valence-electron chi connectivity index (χ1n) is 10.4. The van der Waals surface area contributed by atoms with Gasteiger partial charge in [-0.3, -0.25) is 9.69 Å². The van der Waals surface area contributed by atoms with Crippen LogP contribution in [0.3, 0.4) is 0 Å². The minimum absolute atomic E-state index is 0.0593. The van der Waals surface area contributed by atoms with Gasteiger partial charge in [0.05, 0.1) is 13.2 Å². The third-order valence-corrected chi connectivity index (χ3v) is 5.78. The van der Waals surface area contributed by atoms with Gasteiger partial charge in [-0.2, -0.15) is 0 Å². The van der Waals surface area contributed by atoms with Crippen LogP contribution in [-0.4, -0.2) is 59.8 Å². The molecule has 0 saturated carbocycles. The largest absolute Gasteiger partial charge is 0.379 e. The molecule has 6 nitrogen and oxygen atoms in total. The highest BCUT2D eigenvalue weighted by atomic mass is 16.5. The van der Waals surface area contributed by atoms with Gasteiger partial charge < -0.3 is 14.6 Å². The van der Waals surface area contributed by atoms with E-state index in [-0.39, 0.29) is 5.91 Å². The normalized spacial score (nSPS) is 20.0. The van der Waals surface area contributed by atoms with Gasteiger partial charge >= 0.3 is 0 Å². The predicted molar refractivity (Wildman–Crippen MR) is 109 cm³/mol. The number of fused-ring (bicyclic) bond motifs is 1. The number of hydrogen-bond donors (Lipinski definition) is 1. The van der Waals surface area contributed by atoms with Crippen LogP contribution in [0.5, 0.6) is 0 Å². The Morgan fingerprint density at radius 2 is 2.18 bits per heavy atom. The molecule has 2 aliphatic rings. The second kappa shape index (κ2) is 8.88. The number of imidazole rings is 1. The molecule has 0 bridgehead atoms. The van der Waals surface area contributed by atoms with Crippen molar-refractivity contribution < 1.29 is 9.53 Å². The molecule has 1 aromatic heterocycles. The lowest BCUT2D eigenvalue weighted by atomic mass is 9.91. The fourth-order valence-corrected chi connectivity index (χ4v) is 4.17. The van der Waals surface area contributed by atoms with Crippen LogP contribution in [0.2, 0.25) is 0 Å². The molecule has 3 heterocycles. The van der Waals surface area contributed by atoms with Crippen molar-refractivity contribution in [3.63, 3.8) is 0 Å². The van der Waals surface area contributed by atoms with Crippen molar-refractivity contribution in [3.8, 4) is 0 Å². The van der Waals surface area contributed by atoms with Gasteiger partial charge in [-0.1, -0.05) is 29.8 Å². The molecule has 1 aromatic carbocycles. The van der Waals surface area contributed by atoms with E-state index >= 15 is 0 Å². The van der Waals surface area contributed by atoms with Gasteiger partial charge in [-0.25, -0.2) is 4.98 Å².